The molecule has 23 heavy (non-hydrogen) atoms. The summed E-state index contributed by atoms with van der Waals surface area (Å²) in [6.45, 7) is 0.465. The van der Waals surface area contributed by atoms with Crippen LogP contribution in [-0.4, -0.2) is 15.9 Å². The van der Waals surface area contributed by atoms with Gasteiger partial charge in [-0.1, -0.05) is 11.6 Å². The zero-order valence-corrected chi connectivity index (χ0v) is 13.1. The SMILES string of the molecule is N#Cc1ccc(Cl)cc1OC(CCN)c1ccn2ccnc2c1. The summed E-state index contributed by atoms with van der Waals surface area (Å²) in [6.07, 6.45) is 5.89. The minimum Gasteiger partial charge on any atom is -0.484 e. The van der Waals surface area contributed by atoms with Gasteiger partial charge in [-0.25, -0.2) is 4.98 Å². The number of nitrogens with two attached hydrogens (primary N) is 1. The third-order valence-corrected chi connectivity index (χ3v) is 3.79. The lowest BCUT2D eigenvalue weighted by Crippen LogP contribution is -2.14. The maximum atomic E-state index is 9.23. The molecule has 0 aliphatic carbocycles. The molecule has 3 rings (SSSR count). The molecule has 0 radical (unpaired) electrons. The first-order valence-electron chi connectivity index (χ1n) is 7.20. The van der Waals surface area contributed by atoms with Crippen molar-refractivity contribution in [3.63, 3.8) is 0 Å². The van der Waals surface area contributed by atoms with Crippen molar-refractivity contribution >= 4 is 17.2 Å². The summed E-state index contributed by atoms with van der Waals surface area (Å²) in [6, 6.07) is 11.0. The number of fused-ring (bicyclic) bond motifs is 1. The Kier molecular flexibility index (Phi) is 4.47. The normalized spacial score (nSPS) is 12.0. The fourth-order valence-corrected chi connectivity index (χ4v) is 2.57. The Hall–Kier alpha value is -2.55. The van der Waals surface area contributed by atoms with Gasteiger partial charge in [0.15, 0.2) is 0 Å². The zero-order chi connectivity index (χ0) is 16.2. The highest BCUT2D eigenvalue weighted by Crippen LogP contribution is 2.30. The number of aromatic nitrogens is 2. The molecule has 0 fully saturated rings. The van der Waals surface area contributed by atoms with E-state index in [1.54, 1.807) is 24.4 Å². The highest BCUT2D eigenvalue weighted by atomic mass is 35.5. The van der Waals surface area contributed by atoms with Gasteiger partial charge in [-0.05, 0) is 36.4 Å². The molecule has 0 bridgehead atoms. The van der Waals surface area contributed by atoms with E-state index in [2.05, 4.69) is 11.1 Å². The van der Waals surface area contributed by atoms with Gasteiger partial charge < -0.3 is 14.9 Å². The van der Waals surface area contributed by atoms with Gasteiger partial charge in [0, 0.05) is 36.1 Å². The summed E-state index contributed by atoms with van der Waals surface area (Å²) in [5.74, 6) is 0.460. The highest BCUT2D eigenvalue weighted by molar-refractivity contribution is 6.30. The van der Waals surface area contributed by atoms with E-state index in [4.69, 9.17) is 22.1 Å². The van der Waals surface area contributed by atoms with E-state index in [0.29, 0.717) is 29.3 Å². The van der Waals surface area contributed by atoms with E-state index in [1.165, 1.54) is 0 Å². The number of halogens is 1. The van der Waals surface area contributed by atoms with Crippen LogP contribution in [-0.2, 0) is 0 Å². The Morgan fingerprint density at radius 2 is 2.17 bits per heavy atom. The second-order valence-corrected chi connectivity index (χ2v) is 5.53. The van der Waals surface area contributed by atoms with E-state index >= 15 is 0 Å². The van der Waals surface area contributed by atoms with Crippen LogP contribution in [0.5, 0.6) is 5.75 Å². The molecule has 2 N–H and O–H groups in total. The predicted molar refractivity (Wildman–Crippen MR) is 88.4 cm³/mol. The van der Waals surface area contributed by atoms with Gasteiger partial charge in [-0.3, -0.25) is 0 Å². The van der Waals surface area contributed by atoms with Crippen molar-refractivity contribution < 1.29 is 4.74 Å². The fraction of sp³-hybridized carbons (Fsp3) is 0.176. The first-order valence-corrected chi connectivity index (χ1v) is 7.58. The lowest BCUT2D eigenvalue weighted by Gasteiger charge is -2.20. The minimum absolute atomic E-state index is 0.271. The largest absolute Gasteiger partial charge is 0.484 e. The number of benzene rings is 1. The van der Waals surface area contributed by atoms with Crippen LogP contribution < -0.4 is 10.5 Å². The molecule has 1 aromatic carbocycles. The molecule has 1 unspecified atom stereocenters. The number of hydrogen-bond donors (Lipinski definition) is 1. The molecule has 0 aliphatic heterocycles. The Morgan fingerprint density at radius 1 is 1.30 bits per heavy atom. The minimum atomic E-state index is -0.271. The van der Waals surface area contributed by atoms with E-state index in [1.807, 2.05) is 28.9 Å². The molecule has 116 valence electrons. The molecule has 0 saturated carbocycles. The number of pyridine rings is 1. The number of ether oxygens (including phenoxy) is 1. The van der Waals surface area contributed by atoms with Crippen LogP contribution in [0.4, 0.5) is 0 Å². The molecule has 1 atom stereocenters. The summed E-state index contributed by atoms with van der Waals surface area (Å²) < 4.78 is 7.97. The van der Waals surface area contributed by atoms with Crippen molar-refractivity contribution in [3.05, 3.63) is 65.1 Å². The summed E-state index contributed by atoms with van der Waals surface area (Å²) in [4.78, 5) is 4.28. The molecule has 0 aliphatic rings. The van der Waals surface area contributed by atoms with Crippen LogP contribution in [0.2, 0.25) is 5.02 Å². The predicted octanol–water partition coefficient (Wildman–Crippen LogP) is 3.33. The van der Waals surface area contributed by atoms with Gasteiger partial charge in [0.25, 0.3) is 0 Å². The van der Waals surface area contributed by atoms with Gasteiger partial charge in [-0.15, -0.1) is 0 Å². The third kappa shape index (κ3) is 3.29. The molecule has 0 amide bonds. The van der Waals surface area contributed by atoms with Gasteiger partial charge in [-0.2, -0.15) is 5.26 Å². The Labute approximate surface area is 138 Å². The van der Waals surface area contributed by atoms with Crippen molar-refractivity contribution in [3.8, 4) is 11.8 Å². The average Bonchev–Trinajstić information content (AvgIpc) is 3.02. The fourth-order valence-electron chi connectivity index (χ4n) is 2.41. The van der Waals surface area contributed by atoms with Crippen molar-refractivity contribution in [2.24, 2.45) is 5.73 Å². The van der Waals surface area contributed by atoms with E-state index in [-0.39, 0.29) is 6.10 Å². The summed E-state index contributed by atoms with van der Waals surface area (Å²) in [5, 5.41) is 9.75. The second kappa shape index (κ2) is 6.69. The first kappa shape index (κ1) is 15.3. The Bertz CT molecular complexity index is 868. The number of rotatable bonds is 5. The third-order valence-electron chi connectivity index (χ3n) is 3.56. The maximum absolute atomic E-state index is 9.23. The molecule has 2 aromatic heterocycles. The molecule has 3 aromatic rings. The van der Waals surface area contributed by atoms with Gasteiger partial charge in [0.05, 0.1) is 5.56 Å². The monoisotopic (exact) mass is 326 g/mol. The molecule has 6 heteroatoms. The average molecular weight is 327 g/mol. The van der Waals surface area contributed by atoms with Crippen molar-refractivity contribution in [1.29, 1.82) is 5.26 Å². The highest BCUT2D eigenvalue weighted by Gasteiger charge is 2.16. The number of nitriles is 1. The summed E-state index contributed by atoms with van der Waals surface area (Å²) >= 11 is 6.02. The maximum Gasteiger partial charge on any atom is 0.139 e. The van der Waals surface area contributed by atoms with Crippen LogP contribution in [0.1, 0.15) is 23.7 Å². The lowest BCUT2D eigenvalue weighted by atomic mass is 10.1. The summed E-state index contributed by atoms with van der Waals surface area (Å²) in [7, 11) is 0. The van der Waals surface area contributed by atoms with Gasteiger partial charge in [0.2, 0.25) is 0 Å². The second-order valence-electron chi connectivity index (χ2n) is 5.09. The molecule has 2 heterocycles. The molecular weight excluding hydrogens is 312 g/mol. The van der Waals surface area contributed by atoms with Crippen molar-refractivity contribution in [2.75, 3.05) is 6.54 Å². The van der Waals surface area contributed by atoms with Crippen LogP contribution in [0.3, 0.4) is 0 Å². The number of hydrogen-bond acceptors (Lipinski definition) is 4. The van der Waals surface area contributed by atoms with Crippen LogP contribution >= 0.6 is 11.6 Å². The Morgan fingerprint density at radius 3 is 2.96 bits per heavy atom. The molecule has 5 nitrogen and oxygen atoms in total. The van der Waals surface area contributed by atoms with E-state index in [0.717, 1.165) is 11.2 Å². The van der Waals surface area contributed by atoms with Crippen molar-refractivity contribution in [1.82, 2.24) is 9.38 Å². The van der Waals surface area contributed by atoms with E-state index < -0.39 is 0 Å². The van der Waals surface area contributed by atoms with Gasteiger partial charge >= 0.3 is 0 Å². The lowest BCUT2D eigenvalue weighted by molar-refractivity contribution is 0.197. The van der Waals surface area contributed by atoms with Crippen molar-refractivity contribution in [2.45, 2.75) is 12.5 Å². The molecule has 0 saturated heterocycles. The standard InChI is InChI=1S/C17H15ClN4O/c18-14-2-1-13(11-20)16(10-14)23-15(3-5-19)12-4-7-22-8-6-21-17(22)9-12/h1-2,4,6-10,15H,3,5,19H2. The quantitative estimate of drug-likeness (QED) is 0.780. The van der Waals surface area contributed by atoms with Gasteiger partial charge in [0.1, 0.15) is 23.6 Å². The van der Waals surface area contributed by atoms with E-state index in [9.17, 15) is 5.26 Å². The smallest absolute Gasteiger partial charge is 0.139 e. The molecular formula is C17H15ClN4O. The Balaban J connectivity index is 1.95. The van der Waals surface area contributed by atoms with Crippen LogP contribution in [0.15, 0.2) is 48.9 Å². The van der Waals surface area contributed by atoms with Crippen LogP contribution in [0, 0.1) is 11.3 Å². The summed E-state index contributed by atoms with van der Waals surface area (Å²) in [5.41, 5.74) is 7.95. The first-order chi connectivity index (χ1) is 11.2. The number of nitrogens with zero attached hydrogens (tertiary/aromatic N) is 3. The topological polar surface area (TPSA) is 76.3 Å². The zero-order valence-electron chi connectivity index (χ0n) is 12.3. The van der Waals surface area contributed by atoms with Crippen LogP contribution in [0.25, 0.3) is 5.65 Å². The number of imidazole rings is 1. The molecule has 0 spiro atoms.